The molecule has 66 heavy (non-hydrogen) atoms. The van der Waals surface area contributed by atoms with Crippen LogP contribution in [0.3, 0.4) is 0 Å². The van der Waals surface area contributed by atoms with Gasteiger partial charge in [0.1, 0.15) is 24.0 Å². The molecule has 0 aliphatic carbocycles. The molecule has 6 heterocycles. The SMILES string of the molecule is [2H]C([2H])([2H])C(c1ccccc1)(c1ccnc(-n2c3cnccc3c3ccc(Oc4cccc(N5CN(c6c7c(cc8c9ccccc9n(C)c68)c6ccccc6n7C)c6ccccc65)c4)cc32)c1)C([2H])([2H])[2H]. The Balaban J connectivity index is 0.909. The van der Waals surface area contributed by atoms with Crippen molar-refractivity contribution in [1.82, 2.24) is 23.7 Å². The third-order valence-corrected chi connectivity index (χ3v) is 13.6. The summed E-state index contributed by atoms with van der Waals surface area (Å²) in [5.41, 5.74) is 8.28. The molecule has 7 aromatic carbocycles. The molecule has 1 aliphatic rings. The van der Waals surface area contributed by atoms with Gasteiger partial charge in [-0.1, -0.05) is 98.6 Å². The van der Waals surface area contributed by atoms with Crippen molar-refractivity contribution in [3.63, 3.8) is 0 Å². The minimum atomic E-state index is -2.96. The number of hydrogen-bond acceptors (Lipinski definition) is 5. The zero-order chi connectivity index (χ0) is 49.3. The van der Waals surface area contributed by atoms with Crippen molar-refractivity contribution >= 4 is 88.2 Å². The predicted molar refractivity (Wildman–Crippen MR) is 271 cm³/mol. The van der Waals surface area contributed by atoms with E-state index in [1.165, 1.54) is 55.9 Å². The molecule has 8 heteroatoms. The number of rotatable bonds is 7. The maximum absolute atomic E-state index is 8.79. The molecule has 0 saturated heterocycles. The molecule has 0 saturated carbocycles. The Hall–Kier alpha value is -8.36. The van der Waals surface area contributed by atoms with Gasteiger partial charge < -0.3 is 23.7 Å². The Bertz CT molecular complexity index is 4050. The van der Waals surface area contributed by atoms with E-state index in [2.05, 4.69) is 129 Å². The number of pyridine rings is 2. The minimum absolute atomic E-state index is 0.0964. The van der Waals surface area contributed by atoms with E-state index in [0.29, 0.717) is 29.5 Å². The van der Waals surface area contributed by atoms with Gasteiger partial charge in [0, 0.05) is 101 Å². The van der Waals surface area contributed by atoms with E-state index in [9.17, 15) is 0 Å². The lowest BCUT2D eigenvalue weighted by Gasteiger charge is -2.26. The summed E-state index contributed by atoms with van der Waals surface area (Å²) in [7, 11) is 4.34. The van der Waals surface area contributed by atoms with Crippen LogP contribution in [0.15, 0.2) is 188 Å². The van der Waals surface area contributed by atoms with Gasteiger partial charge in [0.2, 0.25) is 0 Å². The number of aromatic nitrogens is 5. The highest BCUT2D eigenvalue weighted by Gasteiger charge is 2.33. The van der Waals surface area contributed by atoms with Gasteiger partial charge in [-0.05, 0) is 83.9 Å². The summed E-state index contributed by atoms with van der Waals surface area (Å²) in [5.74, 6) is 1.52. The molecule has 5 aromatic heterocycles. The number of anilines is 4. The second kappa shape index (κ2) is 14.3. The number of hydrogen-bond donors (Lipinski definition) is 0. The summed E-state index contributed by atoms with van der Waals surface area (Å²) in [6, 6.07) is 55.4. The van der Waals surface area contributed by atoms with Crippen LogP contribution < -0.4 is 14.5 Å². The zero-order valence-corrected chi connectivity index (χ0v) is 36.1. The molecule has 0 bridgehead atoms. The Morgan fingerprint density at radius 2 is 1.17 bits per heavy atom. The van der Waals surface area contributed by atoms with Crippen LogP contribution in [0.4, 0.5) is 22.7 Å². The Labute approximate surface area is 390 Å². The lowest BCUT2D eigenvalue weighted by Crippen LogP contribution is -2.25. The molecule has 0 N–H and O–H groups in total. The zero-order valence-electron chi connectivity index (χ0n) is 42.1. The molecular weight excluding hydrogens is 811 g/mol. The highest BCUT2D eigenvalue weighted by atomic mass is 16.5. The van der Waals surface area contributed by atoms with Crippen molar-refractivity contribution in [3.8, 4) is 17.3 Å². The average molecular weight is 862 g/mol. The van der Waals surface area contributed by atoms with Gasteiger partial charge in [-0.15, -0.1) is 0 Å². The second-order valence-corrected chi connectivity index (χ2v) is 17.2. The fraction of sp³-hybridized carbons (Fsp3) is 0.103. The fourth-order valence-corrected chi connectivity index (χ4v) is 10.5. The topological polar surface area (TPSA) is 56.3 Å². The summed E-state index contributed by atoms with van der Waals surface area (Å²) >= 11 is 0. The van der Waals surface area contributed by atoms with Gasteiger partial charge in [0.05, 0.1) is 45.3 Å². The maximum Gasteiger partial charge on any atom is 0.137 e. The maximum atomic E-state index is 8.79. The van der Waals surface area contributed by atoms with Crippen LogP contribution in [0.2, 0.25) is 0 Å². The van der Waals surface area contributed by atoms with Gasteiger partial charge in [-0.3, -0.25) is 9.55 Å². The van der Waals surface area contributed by atoms with Crippen molar-refractivity contribution in [2.45, 2.75) is 19.1 Å². The summed E-state index contributed by atoms with van der Waals surface area (Å²) in [4.78, 5) is 14.0. The minimum Gasteiger partial charge on any atom is -0.457 e. The van der Waals surface area contributed by atoms with Crippen LogP contribution in [0, 0.1) is 0 Å². The van der Waals surface area contributed by atoms with Gasteiger partial charge in [-0.25, -0.2) is 4.98 Å². The standard InChI is InChI=1S/C58H45N7O/c1-58(2,37-15-6-5-7-16-37)38-27-30-60-54(31-38)65-52-33-41(25-26-44(52)45-28-29-59-35-53(45)65)66-40-18-14-17-39(32-40)63-36-64(51-24-13-12-23-50(51)63)57-55-46(42-19-8-10-21-48(42)61(55)3)34-47-43-20-9-11-22-49(43)62(4)56(47)57/h5-35H,36H2,1-4H3/i1D3,2D3. The third kappa shape index (κ3) is 5.57. The van der Waals surface area contributed by atoms with Crippen LogP contribution >= 0.6 is 0 Å². The van der Waals surface area contributed by atoms with Crippen LogP contribution in [0.25, 0.3) is 71.2 Å². The summed E-state index contributed by atoms with van der Waals surface area (Å²) < 4.78 is 66.1. The summed E-state index contributed by atoms with van der Waals surface area (Å²) in [5, 5.41) is 6.62. The third-order valence-electron chi connectivity index (χ3n) is 13.6. The monoisotopic (exact) mass is 861 g/mol. The number of benzene rings is 7. The van der Waals surface area contributed by atoms with Crippen molar-refractivity contribution in [3.05, 3.63) is 200 Å². The van der Waals surface area contributed by atoms with Gasteiger partial charge in [-0.2, -0.15) is 0 Å². The van der Waals surface area contributed by atoms with E-state index in [0.717, 1.165) is 39.0 Å². The van der Waals surface area contributed by atoms with Gasteiger partial charge >= 0.3 is 0 Å². The van der Waals surface area contributed by atoms with E-state index in [4.69, 9.17) is 17.9 Å². The molecular formula is C58H45N7O. The number of para-hydroxylation sites is 4. The van der Waals surface area contributed by atoms with Crippen LogP contribution in [0.1, 0.15) is 33.1 Å². The molecule has 0 fully saturated rings. The van der Waals surface area contributed by atoms with Crippen LogP contribution in [-0.4, -0.2) is 30.3 Å². The summed E-state index contributed by atoms with van der Waals surface area (Å²) in [6.07, 6.45) is 4.93. The van der Waals surface area contributed by atoms with E-state index in [-0.39, 0.29) is 11.1 Å². The normalized spacial score (nSPS) is 14.8. The number of nitrogens with zero attached hydrogens (tertiary/aromatic N) is 7. The van der Waals surface area contributed by atoms with E-state index >= 15 is 0 Å². The lowest BCUT2D eigenvalue weighted by molar-refractivity contribution is 0.483. The first kappa shape index (κ1) is 32.3. The highest BCUT2D eigenvalue weighted by molar-refractivity contribution is 6.25. The predicted octanol–water partition coefficient (Wildman–Crippen LogP) is 14.2. The number of ether oxygens (including phenoxy) is 1. The highest BCUT2D eigenvalue weighted by Crippen LogP contribution is 2.51. The molecule has 0 spiro atoms. The average Bonchev–Trinajstić information content (AvgIpc) is 4.10. The Morgan fingerprint density at radius 3 is 1.91 bits per heavy atom. The number of aryl methyl sites for hydroxylation is 2. The van der Waals surface area contributed by atoms with E-state index < -0.39 is 19.1 Å². The van der Waals surface area contributed by atoms with Crippen molar-refractivity contribution in [2.75, 3.05) is 16.5 Å². The molecule has 1 aliphatic heterocycles. The quantitative estimate of drug-likeness (QED) is 0.160. The second-order valence-electron chi connectivity index (χ2n) is 17.2. The molecule has 0 unspecified atom stereocenters. The molecule has 0 radical (unpaired) electrons. The fourth-order valence-electron chi connectivity index (χ4n) is 10.5. The molecule has 13 rings (SSSR count). The molecule has 0 atom stereocenters. The number of fused-ring (bicyclic) bond motifs is 10. The molecule has 12 aromatic rings. The first-order valence-corrected chi connectivity index (χ1v) is 22.0. The van der Waals surface area contributed by atoms with Crippen molar-refractivity contribution in [2.24, 2.45) is 14.1 Å². The first-order chi connectivity index (χ1) is 34.8. The van der Waals surface area contributed by atoms with Crippen molar-refractivity contribution < 1.29 is 13.0 Å². The lowest BCUT2D eigenvalue weighted by atomic mass is 9.78. The molecule has 0 amide bonds. The Morgan fingerprint density at radius 1 is 0.515 bits per heavy atom. The van der Waals surface area contributed by atoms with Crippen LogP contribution in [-0.2, 0) is 19.5 Å². The molecule has 318 valence electrons. The molecule has 8 nitrogen and oxygen atoms in total. The van der Waals surface area contributed by atoms with Crippen molar-refractivity contribution in [1.29, 1.82) is 0 Å². The largest absolute Gasteiger partial charge is 0.457 e. The Kier molecular flexibility index (Phi) is 7.01. The smallest absolute Gasteiger partial charge is 0.137 e. The summed E-state index contributed by atoms with van der Waals surface area (Å²) in [6.45, 7) is -5.37. The van der Waals surface area contributed by atoms with Crippen LogP contribution in [0.5, 0.6) is 11.5 Å². The van der Waals surface area contributed by atoms with Gasteiger partial charge in [0.15, 0.2) is 0 Å². The first-order valence-electron chi connectivity index (χ1n) is 25.0. The van der Waals surface area contributed by atoms with E-state index in [1.54, 1.807) is 48.8 Å². The van der Waals surface area contributed by atoms with E-state index in [1.807, 2.05) is 41.0 Å². The van der Waals surface area contributed by atoms with Gasteiger partial charge in [0.25, 0.3) is 0 Å².